The lowest BCUT2D eigenvalue weighted by Crippen LogP contribution is -2.11. The van der Waals surface area contributed by atoms with E-state index in [2.05, 4.69) is 6.92 Å². The second kappa shape index (κ2) is 6.86. The van der Waals surface area contributed by atoms with Gasteiger partial charge in [-0.1, -0.05) is 25.5 Å². The molecule has 1 aromatic carbocycles. The summed E-state index contributed by atoms with van der Waals surface area (Å²) in [5.41, 5.74) is 0.636. The van der Waals surface area contributed by atoms with Gasteiger partial charge in [0, 0.05) is 17.0 Å². The van der Waals surface area contributed by atoms with E-state index in [1.54, 1.807) is 24.3 Å². The number of rotatable bonds is 7. The van der Waals surface area contributed by atoms with Crippen molar-refractivity contribution < 1.29 is 13.9 Å². The monoisotopic (exact) mass is 268 g/mol. The predicted molar refractivity (Wildman–Crippen MR) is 75.1 cm³/mol. The molecule has 0 spiro atoms. The summed E-state index contributed by atoms with van der Waals surface area (Å²) < 4.78 is 18.2. The third-order valence-corrected chi connectivity index (χ3v) is 5.48. The first kappa shape index (κ1) is 15.1. The predicted octanol–water partition coefficient (Wildman–Crippen LogP) is 3.63. The molecule has 0 saturated heterocycles. The molecule has 4 heteroatoms. The molecule has 0 heterocycles. The Hall–Kier alpha value is -0.920. The smallest absolute Gasteiger partial charge is 0.232 e. The summed E-state index contributed by atoms with van der Waals surface area (Å²) in [5, 5.41) is 0.711. The summed E-state index contributed by atoms with van der Waals surface area (Å²) in [6, 6.07) is 6.94. The van der Waals surface area contributed by atoms with Crippen LogP contribution in [0.2, 0.25) is 0 Å². The molecule has 0 fully saturated rings. The quantitative estimate of drug-likeness (QED) is 0.560. The maximum Gasteiger partial charge on any atom is 0.232 e. The molecule has 0 amide bonds. The minimum absolute atomic E-state index is 0.0151. The normalized spacial score (nSPS) is 14.2. The van der Waals surface area contributed by atoms with Crippen molar-refractivity contribution in [2.75, 3.05) is 12.8 Å². The summed E-state index contributed by atoms with van der Waals surface area (Å²) >= 11 is 0. The van der Waals surface area contributed by atoms with Crippen LogP contribution in [0.25, 0.3) is 0 Å². The highest BCUT2D eigenvalue weighted by Gasteiger charge is 2.24. The van der Waals surface area contributed by atoms with Crippen molar-refractivity contribution in [3.8, 4) is 0 Å². The number of carbonyl (C=O) groups excluding carboxylic acids is 1. The van der Waals surface area contributed by atoms with Crippen LogP contribution < -0.4 is 5.30 Å². The number of ketones is 1. The van der Waals surface area contributed by atoms with E-state index >= 15 is 0 Å². The lowest BCUT2D eigenvalue weighted by atomic mass is 10.2. The Morgan fingerprint density at radius 2 is 1.83 bits per heavy atom. The lowest BCUT2D eigenvalue weighted by Gasteiger charge is -2.18. The Morgan fingerprint density at radius 3 is 2.28 bits per heavy atom. The summed E-state index contributed by atoms with van der Waals surface area (Å²) in [7, 11) is -2.75. The van der Waals surface area contributed by atoms with E-state index < -0.39 is 7.37 Å². The molecule has 1 unspecified atom stereocenters. The van der Waals surface area contributed by atoms with Crippen molar-refractivity contribution in [1.29, 1.82) is 0 Å². The zero-order valence-electron chi connectivity index (χ0n) is 11.3. The van der Waals surface area contributed by atoms with E-state index in [0.29, 0.717) is 23.6 Å². The maximum absolute atomic E-state index is 12.7. The molecule has 18 heavy (non-hydrogen) atoms. The Labute approximate surface area is 109 Å². The number of hydrogen-bond acceptors (Lipinski definition) is 3. The van der Waals surface area contributed by atoms with Gasteiger partial charge in [-0.2, -0.15) is 0 Å². The first-order valence-electron chi connectivity index (χ1n) is 6.38. The zero-order chi connectivity index (χ0) is 13.6. The van der Waals surface area contributed by atoms with Gasteiger partial charge >= 0.3 is 0 Å². The minimum atomic E-state index is -2.75. The van der Waals surface area contributed by atoms with Gasteiger partial charge in [-0.15, -0.1) is 0 Å². The second-order valence-electron chi connectivity index (χ2n) is 4.27. The Bertz CT molecular complexity index is 437. The van der Waals surface area contributed by atoms with Gasteiger partial charge in [0.25, 0.3) is 0 Å². The third-order valence-electron chi connectivity index (χ3n) is 2.81. The van der Waals surface area contributed by atoms with Crippen LogP contribution in [0.3, 0.4) is 0 Å². The molecule has 1 aromatic rings. The average molecular weight is 268 g/mol. The Morgan fingerprint density at radius 1 is 1.22 bits per heavy atom. The van der Waals surface area contributed by atoms with Gasteiger partial charge in [0.05, 0.1) is 6.61 Å². The standard InChI is InChI=1S/C14H21O3P/c1-4-6-11-18(16,17-5-2)14-9-7-13(8-10-14)12(3)15/h7-10H,4-6,11H2,1-3H3. The topological polar surface area (TPSA) is 43.4 Å². The van der Waals surface area contributed by atoms with Crippen LogP contribution in [-0.2, 0) is 9.09 Å². The van der Waals surface area contributed by atoms with Crippen molar-refractivity contribution in [1.82, 2.24) is 0 Å². The SMILES string of the molecule is CCCCP(=O)(OCC)c1ccc(C(C)=O)cc1. The van der Waals surface area contributed by atoms with Gasteiger partial charge < -0.3 is 4.52 Å². The molecule has 0 aliphatic rings. The van der Waals surface area contributed by atoms with E-state index in [1.165, 1.54) is 6.92 Å². The molecular formula is C14H21O3P. The minimum Gasteiger partial charge on any atom is -0.326 e. The molecule has 3 nitrogen and oxygen atoms in total. The third kappa shape index (κ3) is 3.79. The number of benzene rings is 1. The highest BCUT2D eigenvalue weighted by Crippen LogP contribution is 2.46. The van der Waals surface area contributed by atoms with Gasteiger partial charge in [0.2, 0.25) is 7.37 Å². The van der Waals surface area contributed by atoms with Gasteiger partial charge in [0.15, 0.2) is 5.78 Å². The van der Waals surface area contributed by atoms with Crippen LogP contribution in [0.4, 0.5) is 0 Å². The van der Waals surface area contributed by atoms with Crippen molar-refractivity contribution >= 4 is 18.5 Å². The molecule has 1 atom stereocenters. The van der Waals surface area contributed by atoms with Gasteiger partial charge in [0.1, 0.15) is 0 Å². The largest absolute Gasteiger partial charge is 0.326 e. The number of carbonyl (C=O) groups is 1. The number of hydrogen-bond donors (Lipinski definition) is 0. The molecule has 0 bridgehead atoms. The molecule has 0 aliphatic carbocycles. The van der Waals surface area contributed by atoms with Crippen molar-refractivity contribution in [2.24, 2.45) is 0 Å². The highest BCUT2D eigenvalue weighted by molar-refractivity contribution is 7.67. The summed E-state index contributed by atoms with van der Waals surface area (Å²) in [4.78, 5) is 11.2. The van der Waals surface area contributed by atoms with Crippen molar-refractivity contribution in [2.45, 2.75) is 33.6 Å². The van der Waals surface area contributed by atoms with Crippen LogP contribution in [0.1, 0.15) is 44.0 Å². The first-order valence-corrected chi connectivity index (χ1v) is 8.19. The van der Waals surface area contributed by atoms with Gasteiger partial charge in [-0.25, -0.2) is 0 Å². The van der Waals surface area contributed by atoms with E-state index in [9.17, 15) is 9.36 Å². The fourth-order valence-electron chi connectivity index (χ4n) is 1.77. The van der Waals surface area contributed by atoms with Crippen LogP contribution in [0, 0.1) is 0 Å². The number of unbranched alkanes of at least 4 members (excludes halogenated alkanes) is 1. The fraction of sp³-hybridized carbons (Fsp3) is 0.500. The zero-order valence-corrected chi connectivity index (χ0v) is 12.2. The van der Waals surface area contributed by atoms with E-state index in [0.717, 1.165) is 12.8 Å². The van der Waals surface area contributed by atoms with Gasteiger partial charge in [-0.05, 0) is 32.4 Å². The number of Topliss-reactive ketones (excluding diaryl/α,β-unsaturated/α-hetero) is 1. The average Bonchev–Trinajstić information content (AvgIpc) is 2.37. The highest BCUT2D eigenvalue weighted by atomic mass is 31.2. The van der Waals surface area contributed by atoms with Crippen LogP contribution >= 0.6 is 7.37 Å². The van der Waals surface area contributed by atoms with Crippen molar-refractivity contribution in [3.05, 3.63) is 29.8 Å². The van der Waals surface area contributed by atoms with Gasteiger partial charge in [-0.3, -0.25) is 9.36 Å². The fourth-order valence-corrected chi connectivity index (χ4v) is 4.06. The molecule has 0 radical (unpaired) electrons. The molecule has 0 saturated carbocycles. The lowest BCUT2D eigenvalue weighted by molar-refractivity contribution is 0.101. The molecule has 0 aromatic heterocycles. The summed E-state index contributed by atoms with van der Waals surface area (Å²) in [6.45, 7) is 5.88. The van der Waals surface area contributed by atoms with E-state index in [-0.39, 0.29) is 5.78 Å². The molecule has 0 N–H and O–H groups in total. The van der Waals surface area contributed by atoms with E-state index in [1.807, 2.05) is 6.92 Å². The van der Waals surface area contributed by atoms with Crippen LogP contribution in [-0.4, -0.2) is 18.6 Å². The molecular weight excluding hydrogens is 247 g/mol. The Balaban J connectivity index is 2.98. The maximum atomic E-state index is 12.7. The first-order chi connectivity index (χ1) is 8.53. The second-order valence-corrected chi connectivity index (χ2v) is 6.84. The van der Waals surface area contributed by atoms with Crippen LogP contribution in [0.5, 0.6) is 0 Å². The Kier molecular flexibility index (Phi) is 5.77. The molecule has 1 rings (SSSR count). The van der Waals surface area contributed by atoms with E-state index in [4.69, 9.17) is 4.52 Å². The summed E-state index contributed by atoms with van der Waals surface area (Å²) in [5.74, 6) is 0.0151. The van der Waals surface area contributed by atoms with Crippen LogP contribution in [0.15, 0.2) is 24.3 Å². The van der Waals surface area contributed by atoms with Crippen molar-refractivity contribution in [3.63, 3.8) is 0 Å². The molecule has 0 aliphatic heterocycles. The molecule has 100 valence electrons. The summed E-state index contributed by atoms with van der Waals surface area (Å²) in [6.07, 6.45) is 2.44.